The highest BCUT2D eigenvalue weighted by Crippen LogP contribution is 2.26. The molecule has 3 heteroatoms. The summed E-state index contributed by atoms with van der Waals surface area (Å²) in [6.07, 6.45) is 7.81. The van der Waals surface area contributed by atoms with Gasteiger partial charge in [0.25, 0.3) is 0 Å². The van der Waals surface area contributed by atoms with Crippen LogP contribution >= 0.6 is 0 Å². The SMILES string of the molecule is CC1CCCC(OC(=O)CC2CCCNC2)C1. The molecule has 0 amide bonds. The fourth-order valence-corrected chi connectivity index (χ4v) is 3.05. The Bertz CT molecular complexity index is 249. The maximum atomic E-state index is 11.8. The fourth-order valence-electron chi connectivity index (χ4n) is 3.05. The van der Waals surface area contributed by atoms with Gasteiger partial charge in [-0.1, -0.05) is 13.3 Å². The molecule has 17 heavy (non-hydrogen) atoms. The minimum Gasteiger partial charge on any atom is -0.462 e. The first-order valence-corrected chi connectivity index (χ1v) is 7.14. The molecule has 1 heterocycles. The van der Waals surface area contributed by atoms with Crippen molar-refractivity contribution in [2.75, 3.05) is 13.1 Å². The molecule has 2 fully saturated rings. The van der Waals surface area contributed by atoms with Gasteiger partial charge in [0.15, 0.2) is 0 Å². The van der Waals surface area contributed by atoms with Crippen LogP contribution in [0.2, 0.25) is 0 Å². The molecular formula is C14H25NO2. The van der Waals surface area contributed by atoms with E-state index in [1.54, 1.807) is 0 Å². The summed E-state index contributed by atoms with van der Waals surface area (Å²) in [5, 5.41) is 3.34. The van der Waals surface area contributed by atoms with E-state index in [4.69, 9.17) is 4.74 Å². The fraction of sp³-hybridized carbons (Fsp3) is 0.929. The normalized spacial score (nSPS) is 34.3. The van der Waals surface area contributed by atoms with Crippen molar-refractivity contribution in [3.8, 4) is 0 Å². The predicted molar refractivity (Wildman–Crippen MR) is 67.7 cm³/mol. The molecule has 1 aliphatic heterocycles. The van der Waals surface area contributed by atoms with Crippen LogP contribution in [-0.4, -0.2) is 25.2 Å². The van der Waals surface area contributed by atoms with Crippen LogP contribution in [0.15, 0.2) is 0 Å². The van der Waals surface area contributed by atoms with Crippen LogP contribution in [0.3, 0.4) is 0 Å². The van der Waals surface area contributed by atoms with E-state index in [1.165, 1.54) is 25.7 Å². The van der Waals surface area contributed by atoms with Crippen LogP contribution in [0, 0.1) is 11.8 Å². The van der Waals surface area contributed by atoms with Gasteiger partial charge in [0, 0.05) is 6.42 Å². The molecule has 2 aliphatic rings. The van der Waals surface area contributed by atoms with Crippen molar-refractivity contribution in [1.29, 1.82) is 0 Å². The van der Waals surface area contributed by atoms with E-state index in [0.29, 0.717) is 12.3 Å². The van der Waals surface area contributed by atoms with Gasteiger partial charge in [0.2, 0.25) is 0 Å². The third-order valence-corrected chi connectivity index (χ3v) is 4.04. The largest absolute Gasteiger partial charge is 0.462 e. The summed E-state index contributed by atoms with van der Waals surface area (Å²) < 4.78 is 5.60. The molecule has 0 spiro atoms. The van der Waals surface area contributed by atoms with Crippen molar-refractivity contribution < 1.29 is 9.53 Å². The second-order valence-electron chi connectivity index (χ2n) is 5.80. The van der Waals surface area contributed by atoms with E-state index in [2.05, 4.69) is 12.2 Å². The molecule has 0 aromatic heterocycles. The highest BCUT2D eigenvalue weighted by atomic mass is 16.5. The zero-order chi connectivity index (χ0) is 12.1. The molecule has 3 unspecified atom stereocenters. The summed E-state index contributed by atoms with van der Waals surface area (Å²) in [6, 6.07) is 0. The Balaban J connectivity index is 1.68. The monoisotopic (exact) mass is 239 g/mol. The van der Waals surface area contributed by atoms with Gasteiger partial charge >= 0.3 is 5.97 Å². The van der Waals surface area contributed by atoms with E-state index < -0.39 is 0 Å². The zero-order valence-corrected chi connectivity index (χ0v) is 10.9. The van der Waals surface area contributed by atoms with Crippen molar-refractivity contribution >= 4 is 5.97 Å². The lowest BCUT2D eigenvalue weighted by Gasteiger charge is -2.28. The molecule has 1 aliphatic carbocycles. The van der Waals surface area contributed by atoms with Crippen molar-refractivity contribution in [3.05, 3.63) is 0 Å². The Morgan fingerprint density at radius 3 is 2.88 bits per heavy atom. The first-order valence-electron chi connectivity index (χ1n) is 7.14. The summed E-state index contributed by atoms with van der Waals surface area (Å²) in [4.78, 5) is 11.8. The Morgan fingerprint density at radius 2 is 2.18 bits per heavy atom. The third-order valence-electron chi connectivity index (χ3n) is 4.04. The van der Waals surface area contributed by atoms with Crippen LogP contribution in [0.5, 0.6) is 0 Å². The quantitative estimate of drug-likeness (QED) is 0.769. The summed E-state index contributed by atoms with van der Waals surface area (Å²) in [7, 11) is 0. The number of hydrogen-bond donors (Lipinski definition) is 1. The summed E-state index contributed by atoms with van der Waals surface area (Å²) in [6.45, 7) is 4.34. The van der Waals surface area contributed by atoms with Gasteiger partial charge in [-0.25, -0.2) is 0 Å². The van der Waals surface area contributed by atoms with Gasteiger partial charge < -0.3 is 10.1 Å². The molecule has 0 bridgehead atoms. The van der Waals surface area contributed by atoms with Crippen molar-refractivity contribution in [2.45, 2.75) is 58.0 Å². The predicted octanol–water partition coefficient (Wildman–Crippen LogP) is 2.50. The van der Waals surface area contributed by atoms with Gasteiger partial charge in [-0.2, -0.15) is 0 Å². The average Bonchev–Trinajstić information content (AvgIpc) is 2.30. The molecule has 2 rings (SSSR count). The van der Waals surface area contributed by atoms with Crippen LogP contribution in [-0.2, 0) is 9.53 Å². The second kappa shape index (κ2) is 6.39. The number of carbonyl (C=O) groups is 1. The highest BCUT2D eigenvalue weighted by Gasteiger charge is 2.24. The maximum Gasteiger partial charge on any atom is 0.306 e. The molecule has 0 aromatic carbocycles. The number of rotatable bonds is 3. The third kappa shape index (κ3) is 4.30. The van der Waals surface area contributed by atoms with E-state index in [-0.39, 0.29) is 12.1 Å². The van der Waals surface area contributed by atoms with Crippen molar-refractivity contribution in [3.63, 3.8) is 0 Å². The second-order valence-corrected chi connectivity index (χ2v) is 5.80. The molecule has 1 N–H and O–H groups in total. The molecule has 0 radical (unpaired) electrons. The number of hydrogen-bond acceptors (Lipinski definition) is 3. The van der Waals surface area contributed by atoms with Gasteiger partial charge in [-0.15, -0.1) is 0 Å². The minimum atomic E-state index is 0.0257. The first kappa shape index (κ1) is 12.9. The Hall–Kier alpha value is -0.570. The van der Waals surface area contributed by atoms with Gasteiger partial charge in [0.05, 0.1) is 0 Å². The summed E-state index contributed by atoms with van der Waals surface area (Å²) >= 11 is 0. The van der Waals surface area contributed by atoms with E-state index >= 15 is 0 Å². The van der Waals surface area contributed by atoms with E-state index in [1.807, 2.05) is 0 Å². The lowest BCUT2D eigenvalue weighted by molar-refractivity contribution is -0.152. The smallest absolute Gasteiger partial charge is 0.306 e. The Morgan fingerprint density at radius 1 is 1.29 bits per heavy atom. The highest BCUT2D eigenvalue weighted by molar-refractivity contribution is 5.69. The maximum absolute atomic E-state index is 11.8. The van der Waals surface area contributed by atoms with Gasteiger partial charge in [0.1, 0.15) is 6.10 Å². The molecule has 1 saturated heterocycles. The minimum absolute atomic E-state index is 0.0257. The van der Waals surface area contributed by atoms with E-state index in [9.17, 15) is 4.79 Å². The van der Waals surface area contributed by atoms with Crippen LogP contribution in [0.1, 0.15) is 51.9 Å². The Labute approximate surface area is 104 Å². The van der Waals surface area contributed by atoms with Crippen LogP contribution in [0.4, 0.5) is 0 Å². The molecular weight excluding hydrogens is 214 g/mol. The summed E-state index contributed by atoms with van der Waals surface area (Å²) in [5.74, 6) is 1.24. The average molecular weight is 239 g/mol. The van der Waals surface area contributed by atoms with Gasteiger partial charge in [-0.05, 0) is 57.0 Å². The lowest BCUT2D eigenvalue weighted by atomic mass is 9.88. The zero-order valence-electron chi connectivity index (χ0n) is 10.9. The topological polar surface area (TPSA) is 38.3 Å². The molecule has 0 aromatic rings. The first-order chi connectivity index (χ1) is 8.24. The molecule has 3 nitrogen and oxygen atoms in total. The molecule has 1 saturated carbocycles. The number of piperidine rings is 1. The number of ether oxygens (including phenoxy) is 1. The van der Waals surface area contributed by atoms with Gasteiger partial charge in [-0.3, -0.25) is 4.79 Å². The van der Waals surface area contributed by atoms with Crippen LogP contribution in [0.25, 0.3) is 0 Å². The standard InChI is InChI=1S/C14H25NO2/c1-11-4-2-6-13(8-11)17-14(16)9-12-5-3-7-15-10-12/h11-13,15H,2-10H2,1H3. The van der Waals surface area contributed by atoms with Crippen LogP contribution < -0.4 is 5.32 Å². The number of esters is 1. The Kier molecular flexibility index (Phi) is 4.84. The number of nitrogens with one attached hydrogen (secondary N) is 1. The number of carbonyl (C=O) groups excluding carboxylic acids is 1. The van der Waals surface area contributed by atoms with E-state index in [0.717, 1.165) is 31.8 Å². The molecule has 3 atom stereocenters. The summed E-state index contributed by atoms with van der Waals surface area (Å²) in [5.41, 5.74) is 0. The lowest BCUT2D eigenvalue weighted by Crippen LogP contribution is -2.32. The van der Waals surface area contributed by atoms with Crippen molar-refractivity contribution in [1.82, 2.24) is 5.32 Å². The molecule has 98 valence electrons. The van der Waals surface area contributed by atoms with Crippen molar-refractivity contribution in [2.24, 2.45) is 11.8 Å².